The summed E-state index contributed by atoms with van der Waals surface area (Å²) in [5.41, 5.74) is 1.35. The number of nitrogens with one attached hydrogen (secondary N) is 2. The van der Waals surface area contributed by atoms with Gasteiger partial charge in [-0.3, -0.25) is 19.5 Å². The van der Waals surface area contributed by atoms with E-state index in [1.807, 2.05) is 13.0 Å². The van der Waals surface area contributed by atoms with E-state index >= 15 is 0 Å². The monoisotopic (exact) mass is 648 g/mol. The molecule has 1 aromatic heterocycles. The van der Waals surface area contributed by atoms with Crippen LogP contribution >= 0.6 is 0 Å². The van der Waals surface area contributed by atoms with Crippen LogP contribution in [0.5, 0.6) is 0 Å². The number of aryl methyl sites for hydroxylation is 1. The molecular weight excluding hydrogens is 614 g/mol. The predicted molar refractivity (Wildman–Crippen MR) is 169 cm³/mol. The fraction of sp³-hybridized carbons (Fsp3) is 0.265. The summed E-state index contributed by atoms with van der Waals surface area (Å²) in [7, 11) is 0. The number of alkyl halides is 2. The smallest absolute Gasteiger partial charge is 0.412 e. The Balaban J connectivity index is 1.63. The van der Waals surface area contributed by atoms with E-state index in [9.17, 15) is 33.1 Å². The minimum absolute atomic E-state index is 0.0501. The highest BCUT2D eigenvalue weighted by atomic mass is 19.3. The van der Waals surface area contributed by atoms with E-state index in [1.54, 1.807) is 78.9 Å². The molecule has 2 amide bonds. The van der Waals surface area contributed by atoms with Crippen LogP contribution in [0.3, 0.4) is 0 Å². The summed E-state index contributed by atoms with van der Waals surface area (Å²) >= 11 is 0. The molecular formula is C34H34F2N4O7. The molecule has 0 fully saturated rings. The van der Waals surface area contributed by atoms with Crippen molar-refractivity contribution in [2.24, 2.45) is 0 Å². The number of aromatic nitrogens is 2. The maximum Gasteiger partial charge on any atom is 0.412 e. The van der Waals surface area contributed by atoms with Crippen LogP contribution in [0.1, 0.15) is 23.6 Å². The highest BCUT2D eigenvalue weighted by Crippen LogP contribution is 2.25. The minimum atomic E-state index is -4.36. The van der Waals surface area contributed by atoms with Gasteiger partial charge < -0.3 is 19.9 Å². The third-order valence-corrected chi connectivity index (χ3v) is 7.02. The molecule has 0 aliphatic heterocycles. The first-order valence-electron chi connectivity index (χ1n) is 14.7. The number of carbonyl (C=O) groups is 3. The van der Waals surface area contributed by atoms with Crippen LogP contribution in [-0.4, -0.2) is 57.3 Å². The Bertz CT molecular complexity index is 1750. The van der Waals surface area contributed by atoms with E-state index in [0.29, 0.717) is 16.7 Å². The molecule has 13 heteroatoms. The Morgan fingerprint density at radius 3 is 2.26 bits per heavy atom. The van der Waals surface area contributed by atoms with Gasteiger partial charge in [-0.15, -0.1) is 0 Å². The normalized spacial score (nSPS) is 12.4. The molecule has 246 valence electrons. The van der Waals surface area contributed by atoms with E-state index < -0.39 is 48.1 Å². The Kier molecular flexibility index (Phi) is 11.5. The number of carbonyl (C=O) groups excluding carboxylic acids is 3. The summed E-state index contributed by atoms with van der Waals surface area (Å²) in [6, 6.07) is 22.3. The zero-order chi connectivity index (χ0) is 34.0. The summed E-state index contributed by atoms with van der Waals surface area (Å²) in [6.45, 7) is 1.99. The van der Waals surface area contributed by atoms with Crippen molar-refractivity contribution in [2.45, 2.75) is 51.5 Å². The maximum absolute atomic E-state index is 15.0. The third kappa shape index (κ3) is 9.07. The molecule has 0 aliphatic carbocycles. The van der Waals surface area contributed by atoms with Gasteiger partial charge in [-0.1, -0.05) is 84.4 Å². The van der Waals surface area contributed by atoms with Crippen molar-refractivity contribution in [3.05, 3.63) is 118 Å². The molecule has 1 heterocycles. The average molecular weight is 649 g/mol. The number of benzene rings is 3. The summed E-state index contributed by atoms with van der Waals surface area (Å²) in [6.07, 6.45) is -2.78. The van der Waals surface area contributed by atoms with Gasteiger partial charge in [0.05, 0.1) is 18.8 Å². The van der Waals surface area contributed by atoms with E-state index in [-0.39, 0.29) is 31.1 Å². The Morgan fingerprint density at radius 1 is 0.957 bits per heavy atom. The molecule has 0 saturated heterocycles. The topological polar surface area (TPSA) is 149 Å². The number of nitrogens with zero attached hydrogens (tertiary/aromatic N) is 2. The second-order valence-corrected chi connectivity index (χ2v) is 10.6. The van der Waals surface area contributed by atoms with Gasteiger partial charge in [-0.05, 0) is 37.5 Å². The number of aliphatic hydroxyl groups excluding tert-OH is 1. The number of esters is 1. The minimum Gasteiger partial charge on any atom is -0.461 e. The second-order valence-electron chi connectivity index (χ2n) is 10.6. The van der Waals surface area contributed by atoms with Crippen LogP contribution in [-0.2, 0) is 38.6 Å². The number of halogens is 2. The van der Waals surface area contributed by atoms with Crippen LogP contribution in [0.25, 0.3) is 11.4 Å². The predicted octanol–water partition coefficient (Wildman–Crippen LogP) is 4.25. The number of hydrogen-bond acceptors (Lipinski definition) is 8. The lowest BCUT2D eigenvalue weighted by Crippen LogP contribution is -2.56. The van der Waals surface area contributed by atoms with Crippen molar-refractivity contribution in [1.29, 1.82) is 0 Å². The zero-order valence-electron chi connectivity index (χ0n) is 25.7. The SMILES string of the molecule is CCOC(=O)C(F)(F)[C@@H](O)[C@H](Cc1ccccc1)NC(=O)Cn1c(-c2cccc(C)c2)ncc(NC(=O)OCc2ccccc2)c1=O. The molecule has 2 atom stereocenters. The largest absolute Gasteiger partial charge is 0.461 e. The fourth-order valence-corrected chi connectivity index (χ4v) is 4.71. The summed E-state index contributed by atoms with van der Waals surface area (Å²) in [5, 5.41) is 15.4. The Hall–Kier alpha value is -5.43. The van der Waals surface area contributed by atoms with Gasteiger partial charge in [0, 0.05) is 5.56 Å². The van der Waals surface area contributed by atoms with Gasteiger partial charge in [0.25, 0.3) is 5.56 Å². The summed E-state index contributed by atoms with van der Waals surface area (Å²) in [4.78, 5) is 56.0. The quantitative estimate of drug-likeness (QED) is 0.182. The van der Waals surface area contributed by atoms with Crippen LogP contribution in [0.4, 0.5) is 19.3 Å². The molecule has 11 nitrogen and oxygen atoms in total. The first kappa shape index (κ1) is 34.4. The van der Waals surface area contributed by atoms with Gasteiger partial charge in [0.1, 0.15) is 30.8 Å². The van der Waals surface area contributed by atoms with E-state index in [0.717, 1.165) is 16.3 Å². The molecule has 0 bridgehead atoms. The average Bonchev–Trinajstić information content (AvgIpc) is 3.06. The molecule has 3 aromatic carbocycles. The van der Waals surface area contributed by atoms with Crippen molar-refractivity contribution in [3.63, 3.8) is 0 Å². The molecule has 47 heavy (non-hydrogen) atoms. The molecule has 0 spiro atoms. The van der Waals surface area contributed by atoms with Crippen molar-refractivity contribution >= 4 is 23.7 Å². The lowest BCUT2D eigenvalue weighted by molar-refractivity contribution is -0.191. The summed E-state index contributed by atoms with van der Waals surface area (Å²) < 4.78 is 40.5. The highest BCUT2D eigenvalue weighted by molar-refractivity contribution is 5.84. The first-order chi connectivity index (χ1) is 22.5. The van der Waals surface area contributed by atoms with Gasteiger partial charge in [-0.2, -0.15) is 8.78 Å². The molecule has 0 radical (unpaired) electrons. The van der Waals surface area contributed by atoms with Crippen LogP contribution in [0.2, 0.25) is 0 Å². The maximum atomic E-state index is 15.0. The molecule has 4 aromatic rings. The zero-order valence-corrected chi connectivity index (χ0v) is 25.7. The lowest BCUT2D eigenvalue weighted by Gasteiger charge is -2.29. The molecule has 0 unspecified atom stereocenters. The van der Waals surface area contributed by atoms with Crippen LogP contribution in [0.15, 0.2) is 95.9 Å². The standard InChI is InChI=1S/C34H34F2N4O7/c1-3-46-32(44)34(35,36)29(42)26(18-23-12-6-4-7-13-23)38-28(41)20-40-30(25-16-10-11-22(2)17-25)37-19-27(31(40)43)39-33(45)47-21-24-14-8-5-9-15-24/h4-17,19,26,29,42H,3,18,20-21H2,1-2H3,(H,38,41)(H,39,45)/t26-,29-/m0/s1. The number of ether oxygens (including phenoxy) is 2. The molecule has 0 saturated carbocycles. The van der Waals surface area contributed by atoms with Gasteiger partial charge >= 0.3 is 18.0 Å². The number of rotatable bonds is 13. The van der Waals surface area contributed by atoms with Crippen molar-refractivity contribution in [3.8, 4) is 11.4 Å². The second kappa shape index (κ2) is 15.7. The van der Waals surface area contributed by atoms with E-state index in [4.69, 9.17) is 4.74 Å². The number of anilines is 1. The number of aliphatic hydroxyl groups is 1. The van der Waals surface area contributed by atoms with Crippen molar-refractivity contribution in [1.82, 2.24) is 14.9 Å². The number of amides is 2. The van der Waals surface area contributed by atoms with Crippen molar-refractivity contribution in [2.75, 3.05) is 11.9 Å². The van der Waals surface area contributed by atoms with Gasteiger partial charge in [-0.25, -0.2) is 14.6 Å². The van der Waals surface area contributed by atoms with E-state index in [2.05, 4.69) is 20.4 Å². The van der Waals surface area contributed by atoms with Gasteiger partial charge in [0.2, 0.25) is 5.91 Å². The highest BCUT2D eigenvalue weighted by Gasteiger charge is 2.52. The van der Waals surface area contributed by atoms with Gasteiger partial charge in [0.15, 0.2) is 0 Å². The molecule has 0 aliphatic rings. The summed E-state index contributed by atoms with van der Waals surface area (Å²) in [5.74, 6) is -7.21. The lowest BCUT2D eigenvalue weighted by atomic mass is 9.97. The Morgan fingerprint density at radius 2 is 1.62 bits per heavy atom. The fourth-order valence-electron chi connectivity index (χ4n) is 4.71. The van der Waals surface area contributed by atoms with Crippen LogP contribution < -0.4 is 16.2 Å². The van der Waals surface area contributed by atoms with E-state index in [1.165, 1.54) is 6.92 Å². The third-order valence-electron chi connectivity index (χ3n) is 7.02. The first-order valence-corrected chi connectivity index (χ1v) is 14.7. The Labute approximate surface area is 269 Å². The molecule has 4 rings (SSSR count). The molecule has 3 N–H and O–H groups in total. The van der Waals surface area contributed by atoms with Crippen molar-refractivity contribution < 1.29 is 37.7 Å². The van der Waals surface area contributed by atoms with Crippen LogP contribution in [0, 0.1) is 6.92 Å². The number of hydrogen-bond donors (Lipinski definition) is 3.